The minimum atomic E-state index is -3.54. The van der Waals surface area contributed by atoms with Gasteiger partial charge in [-0.15, -0.1) is 11.3 Å². The molecular formula is C14H17NO3S2. The summed E-state index contributed by atoms with van der Waals surface area (Å²) >= 11 is 1.48. The largest absolute Gasteiger partial charge is 0.380 e. The van der Waals surface area contributed by atoms with Gasteiger partial charge in [0.05, 0.1) is 6.61 Å². The lowest BCUT2D eigenvalue weighted by molar-refractivity contribution is 0.185. The van der Waals surface area contributed by atoms with Crippen molar-refractivity contribution in [3.63, 3.8) is 0 Å². The van der Waals surface area contributed by atoms with E-state index in [2.05, 4.69) is 4.72 Å². The van der Waals surface area contributed by atoms with Gasteiger partial charge in [0.1, 0.15) is 4.90 Å². The Kier molecular flexibility index (Phi) is 4.47. The van der Waals surface area contributed by atoms with Crippen LogP contribution in [-0.4, -0.2) is 15.5 Å². The van der Waals surface area contributed by atoms with Crippen LogP contribution in [0.5, 0.6) is 0 Å². The highest BCUT2D eigenvalue weighted by Gasteiger charge is 2.19. The molecule has 0 saturated carbocycles. The molecule has 0 aliphatic carbocycles. The van der Waals surface area contributed by atoms with Crippen LogP contribution in [-0.2, 0) is 21.4 Å². The molecule has 0 atom stereocenters. The van der Waals surface area contributed by atoms with Crippen molar-refractivity contribution in [2.24, 2.45) is 0 Å². The van der Waals surface area contributed by atoms with Crippen molar-refractivity contribution in [3.05, 3.63) is 45.6 Å². The van der Waals surface area contributed by atoms with E-state index in [1.165, 1.54) is 11.3 Å². The van der Waals surface area contributed by atoms with E-state index in [0.717, 1.165) is 15.3 Å². The fourth-order valence-electron chi connectivity index (χ4n) is 1.98. The van der Waals surface area contributed by atoms with Crippen molar-refractivity contribution in [1.82, 2.24) is 0 Å². The van der Waals surface area contributed by atoms with E-state index in [9.17, 15) is 8.42 Å². The van der Waals surface area contributed by atoms with Gasteiger partial charge < -0.3 is 4.74 Å². The Labute approximate surface area is 123 Å². The number of benzene rings is 1. The molecule has 0 spiro atoms. The molecule has 20 heavy (non-hydrogen) atoms. The Morgan fingerprint density at radius 1 is 1.25 bits per heavy atom. The summed E-state index contributed by atoms with van der Waals surface area (Å²) in [4.78, 5) is 2.12. The third kappa shape index (κ3) is 3.39. The molecule has 4 nitrogen and oxygen atoms in total. The molecule has 0 aliphatic rings. The average Bonchev–Trinajstić information content (AvgIpc) is 2.69. The van der Waals surface area contributed by atoms with Crippen LogP contribution < -0.4 is 4.72 Å². The summed E-state index contributed by atoms with van der Waals surface area (Å²) in [6.45, 7) is 4.16. The number of hydrogen-bond donors (Lipinski definition) is 1. The third-order valence-electron chi connectivity index (χ3n) is 2.78. The summed E-state index contributed by atoms with van der Waals surface area (Å²) < 4.78 is 32.4. The number of thiophene rings is 1. The first-order valence-corrected chi connectivity index (χ1v) is 8.40. The number of hydrogen-bond acceptors (Lipinski definition) is 4. The zero-order valence-corrected chi connectivity index (χ0v) is 13.3. The van der Waals surface area contributed by atoms with Crippen LogP contribution in [0.25, 0.3) is 0 Å². The molecule has 2 aromatic rings. The number of nitrogens with one attached hydrogen (secondary N) is 1. The van der Waals surface area contributed by atoms with Crippen LogP contribution in [0.2, 0.25) is 0 Å². The number of aryl methyl sites for hydroxylation is 2. The zero-order valence-electron chi connectivity index (χ0n) is 11.6. The first-order valence-electron chi connectivity index (χ1n) is 6.10. The fourth-order valence-corrected chi connectivity index (χ4v) is 4.58. The van der Waals surface area contributed by atoms with E-state index in [1.54, 1.807) is 31.4 Å². The number of rotatable bonds is 5. The maximum Gasteiger partial charge on any atom is 0.262 e. The van der Waals surface area contributed by atoms with E-state index in [0.29, 0.717) is 17.2 Å². The first-order chi connectivity index (χ1) is 9.42. The van der Waals surface area contributed by atoms with Gasteiger partial charge >= 0.3 is 0 Å². The topological polar surface area (TPSA) is 55.4 Å². The SMILES string of the molecule is COCc1cccc(NS(=O)(=O)c2cc(C)sc2C)c1. The highest BCUT2D eigenvalue weighted by atomic mass is 32.2. The molecular weight excluding hydrogens is 294 g/mol. The van der Waals surface area contributed by atoms with Crippen molar-refractivity contribution < 1.29 is 13.2 Å². The van der Waals surface area contributed by atoms with E-state index >= 15 is 0 Å². The molecule has 0 unspecified atom stereocenters. The molecule has 108 valence electrons. The van der Waals surface area contributed by atoms with Gasteiger partial charge in [0.2, 0.25) is 0 Å². The smallest absolute Gasteiger partial charge is 0.262 e. The average molecular weight is 311 g/mol. The number of ether oxygens (including phenoxy) is 1. The number of anilines is 1. The standard InChI is InChI=1S/C14H17NO3S2/c1-10-7-14(11(2)19-10)20(16,17)15-13-6-4-5-12(8-13)9-18-3/h4-8,15H,9H2,1-3H3. The summed E-state index contributed by atoms with van der Waals surface area (Å²) in [6.07, 6.45) is 0. The minimum absolute atomic E-state index is 0.345. The Balaban J connectivity index is 2.28. The Bertz CT molecular complexity index is 705. The van der Waals surface area contributed by atoms with Crippen LogP contribution in [0.15, 0.2) is 35.2 Å². The summed E-state index contributed by atoms with van der Waals surface area (Å²) in [6, 6.07) is 8.89. The Morgan fingerprint density at radius 3 is 2.60 bits per heavy atom. The third-order valence-corrected chi connectivity index (χ3v) is 5.38. The van der Waals surface area contributed by atoms with Gasteiger partial charge in [-0.05, 0) is 37.6 Å². The first kappa shape index (κ1) is 15.0. The maximum absolute atomic E-state index is 12.4. The molecule has 0 radical (unpaired) electrons. The molecule has 1 aromatic carbocycles. The monoisotopic (exact) mass is 311 g/mol. The minimum Gasteiger partial charge on any atom is -0.380 e. The number of sulfonamides is 1. The fraction of sp³-hybridized carbons (Fsp3) is 0.286. The lowest BCUT2D eigenvalue weighted by Gasteiger charge is -2.09. The second-order valence-electron chi connectivity index (χ2n) is 4.52. The molecule has 0 fully saturated rings. The van der Waals surface area contributed by atoms with E-state index in [4.69, 9.17) is 4.74 Å². The zero-order chi connectivity index (χ0) is 14.8. The predicted octanol–water partition coefficient (Wildman–Crippen LogP) is 3.31. The molecule has 1 heterocycles. The predicted molar refractivity (Wildman–Crippen MR) is 81.8 cm³/mol. The van der Waals surface area contributed by atoms with Crippen molar-refractivity contribution >= 4 is 27.0 Å². The molecule has 0 saturated heterocycles. The lowest BCUT2D eigenvalue weighted by atomic mass is 10.2. The van der Waals surface area contributed by atoms with Gasteiger partial charge in [-0.3, -0.25) is 4.72 Å². The molecule has 2 rings (SSSR count). The van der Waals surface area contributed by atoms with E-state index < -0.39 is 10.0 Å². The molecule has 0 bridgehead atoms. The number of methoxy groups -OCH3 is 1. The highest BCUT2D eigenvalue weighted by molar-refractivity contribution is 7.93. The van der Waals surface area contributed by atoms with E-state index in [1.807, 2.05) is 19.9 Å². The summed E-state index contributed by atoms with van der Waals surface area (Å²) in [5.74, 6) is 0. The van der Waals surface area contributed by atoms with Gasteiger partial charge in [-0.2, -0.15) is 0 Å². The quantitative estimate of drug-likeness (QED) is 0.921. The van der Waals surface area contributed by atoms with Gasteiger partial charge in [0.25, 0.3) is 10.0 Å². The second kappa shape index (κ2) is 5.95. The van der Waals surface area contributed by atoms with Crippen molar-refractivity contribution in [1.29, 1.82) is 0 Å². The van der Waals surface area contributed by atoms with Crippen molar-refractivity contribution in [2.75, 3.05) is 11.8 Å². The summed E-state index contributed by atoms with van der Waals surface area (Å²) in [5.41, 5.74) is 1.47. The van der Waals surface area contributed by atoms with Gasteiger partial charge in [-0.1, -0.05) is 12.1 Å². The molecule has 6 heteroatoms. The molecule has 1 aromatic heterocycles. The van der Waals surface area contributed by atoms with Gasteiger partial charge in [0.15, 0.2) is 0 Å². The maximum atomic E-state index is 12.4. The van der Waals surface area contributed by atoms with Crippen LogP contribution in [0.4, 0.5) is 5.69 Å². The molecule has 0 amide bonds. The highest BCUT2D eigenvalue weighted by Crippen LogP contribution is 2.27. The van der Waals surface area contributed by atoms with Crippen LogP contribution >= 0.6 is 11.3 Å². The lowest BCUT2D eigenvalue weighted by Crippen LogP contribution is -2.13. The van der Waals surface area contributed by atoms with Crippen LogP contribution in [0, 0.1) is 13.8 Å². The normalized spacial score (nSPS) is 11.6. The Morgan fingerprint density at radius 2 is 2.00 bits per heavy atom. The van der Waals surface area contributed by atoms with E-state index in [-0.39, 0.29) is 0 Å². The van der Waals surface area contributed by atoms with Crippen molar-refractivity contribution in [3.8, 4) is 0 Å². The summed E-state index contributed by atoms with van der Waals surface area (Å²) in [5, 5.41) is 0. The van der Waals surface area contributed by atoms with Crippen LogP contribution in [0.3, 0.4) is 0 Å². The van der Waals surface area contributed by atoms with Gasteiger partial charge in [-0.25, -0.2) is 8.42 Å². The Hall–Kier alpha value is -1.37. The molecule has 1 N–H and O–H groups in total. The van der Waals surface area contributed by atoms with Crippen LogP contribution in [0.1, 0.15) is 15.3 Å². The van der Waals surface area contributed by atoms with Gasteiger partial charge in [0, 0.05) is 22.6 Å². The summed E-state index contributed by atoms with van der Waals surface area (Å²) in [7, 11) is -1.93. The second-order valence-corrected chi connectivity index (χ2v) is 7.63. The van der Waals surface area contributed by atoms with Crippen molar-refractivity contribution in [2.45, 2.75) is 25.3 Å². The molecule has 0 aliphatic heterocycles.